The molecule has 6 heteroatoms. The van der Waals surface area contributed by atoms with Crippen molar-refractivity contribution in [2.24, 2.45) is 0 Å². The number of unbranched alkanes of at least 4 members (excludes halogenated alkanes) is 1. The van der Waals surface area contributed by atoms with E-state index in [-0.39, 0.29) is 15.3 Å². The van der Waals surface area contributed by atoms with Gasteiger partial charge in [-0.3, -0.25) is 0 Å². The molecular weight excluding hydrogens is 260 g/mol. The lowest BCUT2D eigenvalue weighted by molar-refractivity contribution is 0.142. The number of hydrogen-bond acceptors (Lipinski definition) is 2. The maximum atomic E-state index is 12.6. The summed E-state index contributed by atoms with van der Waals surface area (Å²) in [6, 6.07) is 0. The Kier molecular flexibility index (Phi) is 5.61. The van der Waals surface area contributed by atoms with E-state index in [0.717, 1.165) is 41.3 Å². The van der Waals surface area contributed by atoms with Gasteiger partial charge in [0.2, 0.25) is 0 Å². The molecule has 0 aromatic carbocycles. The van der Waals surface area contributed by atoms with Crippen molar-refractivity contribution in [2.75, 3.05) is 5.75 Å². The SMILES string of the molecule is CCCCSc1c(C(F)F)csc1C(F)F. The van der Waals surface area contributed by atoms with Crippen molar-refractivity contribution >= 4 is 23.1 Å². The Morgan fingerprint density at radius 3 is 2.44 bits per heavy atom. The molecule has 0 aliphatic carbocycles. The van der Waals surface area contributed by atoms with Crippen molar-refractivity contribution in [3.63, 3.8) is 0 Å². The zero-order valence-electron chi connectivity index (χ0n) is 8.68. The molecule has 92 valence electrons. The molecule has 1 rings (SSSR count). The second-order valence-corrected chi connectivity index (χ2v) is 5.20. The monoisotopic (exact) mass is 272 g/mol. The fraction of sp³-hybridized carbons (Fsp3) is 0.600. The van der Waals surface area contributed by atoms with E-state index in [9.17, 15) is 17.6 Å². The Bertz CT molecular complexity index is 297. The van der Waals surface area contributed by atoms with Crippen LogP contribution in [0.3, 0.4) is 0 Å². The Morgan fingerprint density at radius 2 is 1.94 bits per heavy atom. The van der Waals surface area contributed by atoms with E-state index in [1.54, 1.807) is 0 Å². The average molecular weight is 272 g/mol. The highest BCUT2D eigenvalue weighted by atomic mass is 32.2. The normalized spacial score (nSPS) is 11.7. The molecule has 1 heterocycles. The molecule has 0 saturated heterocycles. The summed E-state index contributed by atoms with van der Waals surface area (Å²) in [5.74, 6) is 0.604. The van der Waals surface area contributed by atoms with Crippen LogP contribution in [0.25, 0.3) is 0 Å². The van der Waals surface area contributed by atoms with Crippen molar-refractivity contribution < 1.29 is 17.6 Å². The van der Waals surface area contributed by atoms with Crippen LogP contribution in [0, 0.1) is 0 Å². The highest BCUT2D eigenvalue weighted by molar-refractivity contribution is 7.99. The van der Waals surface area contributed by atoms with Gasteiger partial charge in [0.25, 0.3) is 12.9 Å². The van der Waals surface area contributed by atoms with Crippen LogP contribution in [0.4, 0.5) is 17.6 Å². The van der Waals surface area contributed by atoms with Crippen molar-refractivity contribution in [3.8, 4) is 0 Å². The Labute approximate surface area is 100 Å². The molecule has 0 fully saturated rings. The van der Waals surface area contributed by atoms with Crippen LogP contribution in [0.2, 0.25) is 0 Å². The largest absolute Gasteiger partial charge is 0.273 e. The van der Waals surface area contributed by atoms with Gasteiger partial charge in [0.05, 0.1) is 4.88 Å². The van der Waals surface area contributed by atoms with E-state index in [2.05, 4.69) is 0 Å². The molecule has 1 aromatic heterocycles. The number of rotatable bonds is 6. The second-order valence-electron chi connectivity index (χ2n) is 3.19. The number of thiophene rings is 1. The number of hydrogen-bond donors (Lipinski definition) is 0. The summed E-state index contributed by atoms with van der Waals surface area (Å²) in [5.41, 5.74) is -0.249. The van der Waals surface area contributed by atoms with E-state index in [1.165, 1.54) is 0 Å². The smallest absolute Gasteiger partial charge is 0.205 e. The maximum absolute atomic E-state index is 12.6. The molecule has 0 aliphatic rings. The zero-order valence-corrected chi connectivity index (χ0v) is 10.3. The molecule has 0 aliphatic heterocycles. The van der Waals surface area contributed by atoms with Crippen molar-refractivity contribution in [1.29, 1.82) is 0 Å². The molecule has 0 bridgehead atoms. The number of alkyl halides is 4. The predicted octanol–water partition coefficient (Wildman–Crippen LogP) is 5.52. The average Bonchev–Trinajstić information content (AvgIpc) is 2.62. The van der Waals surface area contributed by atoms with Crippen molar-refractivity contribution in [2.45, 2.75) is 37.5 Å². The fourth-order valence-corrected chi connectivity index (χ4v) is 3.53. The van der Waals surface area contributed by atoms with Crippen molar-refractivity contribution in [1.82, 2.24) is 0 Å². The van der Waals surface area contributed by atoms with Crippen LogP contribution in [-0.2, 0) is 0 Å². The summed E-state index contributed by atoms with van der Waals surface area (Å²) in [4.78, 5) is -0.139. The van der Waals surface area contributed by atoms with Gasteiger partial charge < -0.3 is 0 Å². The molecule has 0 saturated carbocycles. The third-order valence-electron chi connectivity index (χ3n) is 1.98. The Balaban J connectivity index is 2.86. The first-order chi connectivity index (χ1) is 7.57. The van der Waals surface area contributed by atoms with E-state index in [0.29, 0.717) is 5.75 Å². The molecule has 0 atom stereocenters. The molecule has 0 unspecified atom stereocenters. The second kappa shape index (κ2) is 6.49. The van der Waals surface area contributed by atoms with Crippen LogP contribution in [-0.4, -0.2) is 5.75 Å². The van der Waals surface area contributed by atoms with Crippen LogP contribution in [0.1, 0.15) is 43.1 Å². The van der Waals surface area contributed by atoms with E-state index >= 15 is 0 Å². The third kappa shape index (κ3) is 3.38. The predicted molar refractivity (Wildman–Crippen MR) is 59.9 cm³/mol. The van der Waals surface area contributed by atoms with Gasteiger partial charge in [0.1, 0.15) is 0 Å². The number of halogens is 4. The fourth-order valence-electron chi connectivity index (χ4n) is 1.15. The molecule has 0 spiro atoms. The van der Waals surface area contributed by atoms with Gasteiger partial charge in [-0.15, -0.1) is 23.1 Å². The topological polar surface area (TPSA) is 0 Å². The van der Waals surface area contributed by atoms with Gasteiger partial charge in [-0.2, -0.15) is 0 Å². The van der Waals surface area contributed by atoms with Crippen molar-refractivity contribution in [3.05, 3.63) is 15.8 Å². The lowest BCUT2D eigenvalue weighted by Crippen LogP contribution is -1.89. The summed E-state index contributed by atoms with van der Waals surface area (Å²) >= 11 is 1.83. The van der Waals surface area contributed by atoms with Crippen LogP contribution >= 0.6 is 23.1 Å². The van der Waals surface area contributed by atoms with Crippen LogP contribution in [0.15, 0.2) is 10.3 Å². The number of thioether (sulfide) groups is 1. The maximum Gasteiger partial charge on any atom is 0.273 e. The lowest BCUT2D eigenvalue weighted by Gasteiger charge is -2.05. The molecular formula is C10H12F4S2. The van der Waals surface area contributed by atoms with Gasteiger partial charge in [-0.1, -0.05) is 13.3 Å². The van der Waals surface area contributed by atoms with Gasteiger partial charge in [0.15, 0.2) is 0 Å². The van der Waals surface area contributed by atoms with Gasteiger partial charge in [0, 0.05) is 15.8 Å². The summed E-state index contributed by atoms with van der Waals surface area (Å²) in [6.07, 6.45) is -3.58. The first-order valence-corrected chi connectivity index (χ1v) is 6.74. The first kappa shape index (κ1) is 13.8. The molecule has 16 heavy (non-hydrogen) atoms. The van der Waals surface area contributed by atoms with Gasteiger partial charge >= 0.3 is 0 Å². The molecule has 0 nitrogen and oxygen atoms in total. The minimum Gasteiger partial charge on any atom is -0.205 e. The Hall–Kier alpha value is -0.230. The summed E-state index contributed by atoms with van der Waals surface area (Å²) in [6.45, 7) is 1.97. The van der Waals surface area contributed by atoms with E-state index < -0.39 is 12.9 Å². The molecule has 0 N–H and O–H groups in total. The van der Waals surface area contributed by atoms with E-state index in [1.807, 2.05) is 6.92 Å². The molecule has 0 radical (unpaired) electrons. The van der Waals surface area contributed by atoms with E-state index in [4.69, 9.17) is 0 Å². The molecule has 1 aromatic rings. The standard InChI is InChI=1S/C10H12F4S2/c1-2-3-4-15-7-6(9(11)12)5-16-8(7)10(13)14/h5,9-10H,2-4H2,1H3. The van der Waals surface area contributed by atoms with Crippen LogP contribution in [0.5, 0.6) is 0 Å². The third-order valence-corrected chi connectivity index (χ3v) is 4.35. The highest BCUT2D eigenvalue weighted by Crippen LogP contribution is 2.42. The van der Waals surface area contributed by atoms with Gasteiger partial charge in [-0.05, 0) is 12.2 Å². The summed E-state index contributed by atoms with van der Waals surface area (Å²) in [7, 11) is 0. The Morgan fingerprint density at radius 1 is 1.25 bits per heavy atom. The summed E-state index contributed by atoms with van der Waals surface area (Å²) < 4.78 is 50.3. The molecule has 0 amide bonds. The quantitative estimate of drug-likeness (QED) is 0.373. The highest BCUT2D eigenvalue weighted by Gasteiger charge is 2.23. The summed E-state index contributed by atoms with van der Waals surface area (Å²) in [5, 5.41) is 1.14. The lowest BCUT2D eigenvalue weighted by atomic mass is 10.3. The zero-order chi connectivity index (χ0) is 12.1. The first-order valence-electron chi connectivity index (χ1n) is 4.88. The minimum absolute atomic E-state index is 0.0865. The minimum atomic E-state index is -2.67. The van der Waals surface area contributed by atoms with Crippen LogP contribution < -0.4 is 0 Å². The van der Waals surface area contributed by atoms with Gasteiger partial charge in [-0.25, -0.2) is 17.6 Å².